The van der Waals surface area contributed by atoms with Crippen LogP contribution in [0.4, 0.5) is 4.39 Å². The average Bonchev–Trinajstić information content (AvgIpc) is 2.25. The minimum atomic E-state index is -0.113. The Morgan fingerprint density at radius 2 is 2.00 bits per heavy atom. The van der Waals surface area contributed by atoms with Gasteiger partial charge in [0.05, 0.1) is 0 Å². The van der Waals surface area contributed by atoms with Crippen LogP contribution in [0.3, 0.4) is 0 Å². The fourth-order valence-electron chi connectivity index (χ4n) is 1.66. The van der Waals surface area contributed by atoms with Crippen molar-refractivity contribution in [3.05, 3.63) is 35.1 Å². The van der Waals surface area contributed by atoms with Crippen molar-refractivity contribution in [2.24, 2.45) is 5.92 Å². The molecule has 1 aromatic rings. The summed E-state index contributed by atoms with van der Waals surface area (Å²) in [5.41, 5.74) is 1.73. The number of aryl methyl sites for hydroxylation is 1. The van der Waals surface area contributed by atoms with Crippen LogP contribution in [-0.2, 0) is 0 Å². The van der Waals surface area contributed by atoms with Crippen LogP contribution in [0.5, 0.6) is 0 Å². The molecule has 0 saturated carbocycles. The molecular weight excluding hydrogens is 199 g/mol. The third kappa shape index (κ3) is 3.10. The van der Waals surface area contributed by atoms with E-state index in [4.69, 9.17) is 0 Å². The average molecular weight is 218 g/mol. The fraction of sp³-hybridized carbons (Fsp3) is 0.467. The molecule has 1 rings (SSSR count). The highest BCUT2D eigenvalue weighted by Crippen LogP contribution is 2.26. The van der Waals surface area contributed by atoms with E-state index in [2.05, 4.69) is 11.8 Å². The zero-order valence-corrected chi connectivity index (χ0v) is 10.5. The zero-order valence-electron chi connectivity index (χ0n) is 10.5. The maximum absolute atomic E-state index is 13.7. The van der Waals surface area contributed by atoms with Gasteiger partial charge in [-0.15, -0.1) is 5.92 Å². The van der Waals surface area contributed by atoms with Gasteiger partial charge in [-0.3, -0.25) is 0 Å². The highest BCUT2D eigenvalue weighted by molar-refractivity contribution is 5.28. The maximum Gasteiger partial charge on any atom is 0.126 e. The summed E-state index contributed by atoms with van der Waals surface area (Å²) in [5.74, 6) is 6.43. The van der Waals surface area contributed by atoms with Crippen LogP contribution in [0.15, 0.2) is 18.2 Å². The molecular formula is C15H19F. The monoisotopic (exact) mass is 218 g/mol. The van der Waals surface area contributed by atoms with Gasteiger partial charge in [-0.2, -0.15) is 0 Å². The van der Waals surface area contributed by atoms with Crippen molar-refractivity contribution >= 4 is 0 Å². The van der Waals surface area contributed by atoms with Crippen LogP contribution in [-0.4, -0.2) is 0 Å². The molecule has 2 atom stereocenters. The molecule has 86 valence electrons. The van der Waals surface area contributed by atoms with Crippen molar-refractivity contribution in [3.63, 3.8) is 0 Å². The minimum absolute atomic E-state index is 0.113. The first-order valence-electron chi connectivity index (χ1n) is 5.80. The number of halogens is 1. The summed E-state index contributed by atoms with van der Waals surface area (Å²) in [6.45, 7) is 8.00. The maximum atomic E-state index is 13.7. The molecule has 0 spiro atoms. The summed E-state index contributed by atoms with van der Waals surface area (Å²) in [6, 6.07) is 5.42. The van der Waals surface area contributed by atoms with Crippen LogP contribution in [0.1, 0.15) is 44.2 Å². The van der Waals surface area contributed by atoms with E-state index in [9.17, 15) is 4.39 Å². The Labute approximate surface area is 97.9 Å². The van der Waals surface area contributed by atoms with Gasteiger partial charge in [-0.05, 0) is 30.0 Å². The summed E-state index contributed by atoms with van der Waals surface area (Å²) in [7, 11) is 0. The Bertz CT molecular complexity index is 409. The van der Waals surface area contributed by atoms with Gasteiger partial charge in [0, 0.05) is 12.3 Å². The number of rotatable bonds is 2. The van der Waals surface area contributed by atoms with Crippen LogP contribution < -0.4 is 0 Å². The summed E-state index contributed by atoms with van der Waals surface area (Å²) >= 11 is 0. The van der Waals surface area contributed by atoms with Gasteiger partial charge in [-0.25, -0.2) is 4.39 Å². The molecule has 0 nitrogen and oxygen atoms in total. The van der Waals surface area contributed by atoms with E-state index in [1.807, 2.05) is 39.8 Å². The van der Waals surface area contributed by atoms with E-state index in [0.717, 1.165) is 17.5 Å². The van der Waals surface area contributed by atoms with E-state index in [-0.39, 0.29) is 17.7 Å². The second-order valence-electron chi connectivity index (χ2n) is 4.28. The van der Waals surface area contributed by atoms with Gasteiger partial charge in [-0.1, -0.05) is 38.8 Å². The normalized spacial score (nSPS) is 13.8. The minimum Gasteiger partial charge on any atom is -0.207 e. The van der Waals surface area contributed by atoms with Crippen LogP contribution in [0.25, 0.3) is 0 Å². The van der Waals surface area contributed by atoms with Gasteiger partial charge < -0.3 is 0 Å². The lowest BCUT2D eigenvalue weighted by Crippen LogP contribution is -2.06. The van der Waals surface area contributed by atoms with Gasteiger partial charge in [0.1, 0.15) is 5.82 Å². The standard InChI is InChI=1S/C15H19F/c1-5-6-7-12(3)13(4)14-9-8-11(2)10-15(14)16/h8-10,12-13H,5H2,1-4H3. The van der Waals surface area contributed by atoms with E-state index < -0.39 is 0 Å². The molecule has 0 heterocycles. The molecule has 0 bridgehead atoms. The Balaban J connectivity index is 2.91. The Hall–Kier alpha value is -1.29. The molecule has 0 aliphatic rings. The summed E-state index contributed by atoms with van der Waals surface area (Å²) < 4.78 is 13.7. The lowest BCUT2D eigenvalue weighted by atomic mass is 9.88. The lowest BCUT2D eigenvalue weighted by molar-refractivity contribution is 0.545. The molecule has 0 radical (unpaired) electrons. The molecule has 0 fully saturated rings. The molecule has 2 unspecified atom stereocenters. The highest BCUT2D eigenvalue weighted by Gasteiger charge is 2.15. The molecule has 0 aliphatic heterocycles. The van der Waals surface area contributed by atoms with Gasteiger partial charge in [0.25, 0.3) is 0 Å². The van der Waals surface area contributed by atoms with Crippen LogP contribution >= 0.6 is 0 Å². The van der Waals surface area contributed by atoms with Crippen LogP contribution in [0, 0.1) is 30.5 Å². The molecule has 0 aliphatic carbocycles. The van der Waals surface area contributed by atoms with Crippen LogP contribution in [0.2, 0.25) is 0 Å². The van der Waals surface area contributed by atoms with Crippen molar-refractivity contribution in [2.45, 2.75) is 40.0 Å². The number of hydrogen-bond acceptors (Lipinski definition) is 0. The predicted molar refractivity (Wildman–Crippen MR) is 66.8 cm³/mol. The zero-order chi connectivity index (χ0) is 12.1. The van der Waals surface area contributed by atoms with Crippen molar-refractivity contribution in [3.8, 4) is 11.8 Å². The summed E-state index contributed by atoms with van der Waals surface area (Å²) in [6.07, 6.45) is 0.855. The second kappa shape index (κ2) is 5.70. The van der Waals surface area contributed by atoms with E-state index >= 15 is 0 Å². The largest absolute Gasteiger partial charge is 0.207 e. The summed E-state index contributed by atoms with van der Waals surface area (Å²) in [5, 5.41) is 0. The molecule has 0 amide bonds. The molecule has 1 aromatic carbocycles. The number of hydrogen-bond donors (Lipinski definition) is 0. The first-order chi connectivity index (χ1) is 7.56. The van der Waals surface area contributed by atoms with Gasteiger partial charge in [0.15, 0.2) is 0 Å². The first-order valence-corrected chi connectivity index (χ1v) is 5.80. The van der Waals surface area contributed by atoms with E-state index in [0.29, 0.717) is 0 Å². The smallest absolute Gasteiger partial charge is 0.126 e. The predicted octanol–water partition coefficient (Wildman–Crippen LogP) is 4.29. The highest BCUT2D eigenvalue weighted by atomic mass is 19.1. The second-order valence-corrected chi connectivity index (χ2v) is 4.28. The Morgan fingerprint density at radius 3 is 2.56 bits per heavy atom. The van der Waals surface area contributed by atoms with Crippen molar-refractivity contribution in [1.82, 2.24) is 0 Å². The molecule has 0 saturated heterocycles. The third-order valence-corrected chi connectivity index (χ3v) is 2.90. The molecule has 0 aromatic heterocycles. The molecule has 1 heteroatoms. The van der Waals surface area contributed by atoms with Crippen molar-refractivity contribution < 1.29 is 4.39 Å². The van der Waals surface area contributed by atoms with Crippen molar-refractivity contribution in [2.75, 3.05) is 0 Å². The van der Waals surface area contributed by atoms with Gasteiger partial charge in [0.2, 0.25) is 0 Å². The SMILES string of the molecule is CCC#CC(C)C(C)c1ccc(C)cc1F. The van der Waals surface area contributed by atoms with Gasteiger partial charge >= 0.3 is 0 Å². The Morgan fingerprint density at radius 1 is 1.31 bits per heavy atom. The van der Waals surface area contributed by atoms with Crippen molar-refractivity contribution in [1.29, 1.82) is 0 Å². The fourth-order valence-corrected chi connectivity index (χ4v) is 1.66. The Kier molecular flexibility index (Phi) is 4.55. The summed E-state index contributed by atoms with van der Waals surface area (Å²) in [4.78, 5) is 0. The quantitative estimate of drug-likeness (QED) is 0.650. The first kappa shape index (κ1) is 12.8. The van der Waals surface area contributed by atoms with E-state index in [1.54, 1.807) is 6.07 Å². The lowest BCUT2D eigenvalue weighted by Gasteiger charge is -2.16. The molecule has 16 heavy (non-hydrogen) atoms. The third-order valence-electron chi connectivity index (χ3n) is 2.90. The topological polar surface area (TPSA) is 0 Å². The molecule has 0 N–H and O–H groups in total. The number of benzene rings is 1. The van der Waals surface area contributed by atoms with E-state index in [1.165, 1.54) is 0 Å².